The average Bonchev–Trinajstić information content (AvgIpc) is 2.88. The third-order valence-electron chi connectivity index (χ3n) is 2.19. The van der Waals surface area contributed by atoms with Gasteiger partial charge in [-0.05, 0) is 24.6 Å². The van der Waals surface area contributed by atoms with Gasteiger partial charge >= 0.3 is 5.88 Å². The molecule has 1 atom stereocenters. The zero-order chi connectivity index (χ0) is 11.5. The van der Waals surface area contributed by atoms with Gasteiger partial charge in [0.1, 0.15) is 16.7 Å². The Kier molecular flexibility index (Phi) is 3.02. The minimum Gasteiger partial charge on any atom is -0.404 e. The Morgan fingerprint density at radius 3 is 2.81 bits per heavy atom. The second-order valence-corrected chi connectivity index (χ2v) is 4.15. The molecule has 2 aromatic rings. The molecule has 2 rings (SSSR count). The highest BCUT2D eigenvalue weighted by molar-refractivity contribution is 7.10. The van der Waals surface area contributed by atoms with Crippen LogP contribution in [0, 0.1) is 10.1 Å². The van der Waals surface area contributed by atoms with Crippen molar-refractivity contribution in [3.05, 3.63) is 50.4 Å². The van der Waals surface area contributed by atoms with Crippen LogP contribution >= 0.6 is 11.3 Å². The second-order valence-electron chi connectivity index (χ2n) is 3.17. The molecule has 0 radical (unpaired) electrons. The first kappa shape index (κ1) is 10.8. The van der Waals surface area contributed by atoms with Crippen LogP contribution in [0.4, 0.5) is 5.88 Å². The van der Waals surface area contributed by atoms with E-state index in [9.17, 15) is 10.1 Å². The van der Waals surface area contributed by atoms with Gasteiger partial charge < -0.3 is 9.73 Å². The number of nitrogens with zero attached hydrogens (tertiary/aromatic N) is 1. The molecule has 0 saturated carbocycles. The van der Waals surface area contributed by atoms with Gasteiger partial charge in [0.05, 0.1) is 6.07 Å². The molecule has 0 fully saturated rings. The van der Waals surface area contributed by atoms with Crippen LogP contribution in [-0.4, -0.2) is 12.0 Å². The standard InChI is InChI=1S/C10H10N2O3S/c1-11-10(8-3-2-6-16-8)7-4-5-9(15-7)12(13)14/h2-6,10-11H,1H3. The highest BCUT2D eigenvalue weighted by Gasteiger charge is 2.20. The second kappa shape index (κ2) is 4.46. The summed E-state index contributed by atoms with van der Waals surface area (Å²) in [5, 5.41) is 15.5. The maximum atomic E-state index is 10.5. The Labute approximate surface area is 95.9 Å². The molecule has 1 N–H and O–H groups in total. The van der Waals surface area contributed by atoms with Crippen molar-refractivity contribution in [1.29, 1.82) is 0 Å². The molecule has 0 bridgehead atoms. The van der Waals surface area contributed by atoms with Crippen molar-refractivity contribution in [2.24, 2.45) is 0 Å². The maximum Gasteiger partial charge on any atom is 0.433 e. The Morgan fingerprint density at radius 1 is 1.50 bits per heavy atom. The predicted molar refractivity (Wildman–Crippen MR) is 60.6 cm³/mol. The predicted octanol–water partition coefficient (Wildman–Crippen LogP) is 2.56. The molecular formula is C10H10N2O3S. The molecule has 2 heterocycles. The summed E-state index contributed by atoms with van der Waals surface area (Å²) in [5.74, 6) is 0.323. The number of hydrogen-bond acceptors (Lipinski definition) is 5. The van der Waals surface area contributed by atoms with Crippen molar-refractivity contribution in [2.45, 2.75) is 6.04 Å². The molecule has 6 heteroatoms. The topological polar surface area (TPSA) is 68.3 Å². The molecule has 0 saturated heterocycles. The zero-order valence-corrected chi connectivity index (χ0v) is 9.36. The molecular weight excluding hydrogens is 228 g/mol. The van der Waals surface area contributed by atoms with Gasteiger partial charge in [-0.2, -0.15) is 0 Å². The first-order valence-corrected chi connectivity index (χ1v) is 5.55. The molecule has 84 valence electrons. The molecule has 0 aliphatic rings. The third kappa shape index (κ3) is 1.98. The highest BCUT2D eigenvalue weighted by Crippen LogP contribution is 2.28. The van der Waals surface area contributed by atoms with Crippen LogP contribution in [0.1, 0.15) is 16.7 Å². The average molecular weight is 238 g/mol. The number of furan rings is 1. The molecule has 5 nitrogen and oxygen atoms in total. The Balaban J connectivity index is 2.30. The van der Waals surface area contributed by atoms with Crippen molar-refractivity contribution in [3.63, 3.8) is 0 Å². The lowest BCUT2D eigenvalue weighted by Crippen LogP contribution is -2.15. The van der Waals surface area contributed by atoms with Crippen molar-refractivity contribution in [2.75, 3.05) is 7.05 Å². The summed E-state index contributed by atoms with van der Waals surface area (Å²) < 4.78 is 5.17. The molecule has 0 aliphatic heterocycles. The van der Waals surface area contributed by atoms with Crippen LogP contribution in [-0.2, 0) is 0 Å². The van der Waals surface area contributed by atoms with Gasteiger partial charge in [-0.3, -0.25) is 10.1 Å². The van der Waals surface area contributed by atoms with Gasteiger partial charge in [-0.1, -0.05) is 6.07 Å². The number of hydrogen-bond donors (Lipinski definition) is 1. The van der Waals surface area contributed by atoms with Gasteiger partial charge in [-0.25, -0.2) is 0 Å². The number of nitrogens with one attached hydrogen (secondary N) is 1. The lowest BCUT2D eigenvalue weighted by Gasteiger charge is -2.10. The number of nitro groups is 1. The molecule has 16 heavy (non-hydrogen) atoms. The molecule has 0 aliphatic carbocycles. The number of rotatable bonds is 4. The van der Waals surface area contributed by atoms with E-state index in [1.807, 2.05) is 17.5 Å². The molecule has 0 amide bonds. The summed E-state index contributed by atoms with van der Waals surface area (Å²) in [5.41, 5.74) is 0. The van der Waals surface area contributed by atoms with Gasteiger partial charge in [0.25, 0.3) is 0 Å². The maximum absolute atomic E-state index is 10.5. The van der Waals surface area contributed by atoms with Crippen molar-refractivity contribution in [1.82, 2.24) is 5.32 Å². The van der Waals surface area contributed by atoms with E-state index >= 15 is 0 Å². The van der Waals surface area contributed by atoms with Crippen LogP contribution in [0.3, 0.4) is 0 Å². The van der Waals surface area contributed by atoms with Gasteiger partial charge in [0.15, 0.2) is 0 Å². The van der Waals surface area contributed by atoms with Crippen LogP contribution in [0.25, 0.3) is 0 Å². The lowest BCUT2D eigenvalue weighted by atomic mass is 10.2. The van der Waals surface area contributed by atoms with Crippen LogP contribution < -0.4 is 5.32 Å². The van der Waals surface area contributed by atoms with Crippen molar-refractivity contribution < 1.29 is 9.34 Å². The fourth-order valence-corrected chi connectivity index (χ4v) is 2.32. The van der Waals surface area contributed by atoms with Gasteiger partial charge in [-0.15, -0.1) is 11.3 Å². The first-order chi connectivity index (χ1) is 7.72. The third-order valence-corrected chi connectivity index (χ3v) is 3.13. The van der Waals surface area contributed by atoms with Crippen molar-refractivity contribution >= 4 is 17.2 Å². The summed E-state index contributed by atoms with van der Waals surface area (Å²) in [6.45, 7) is 0. The van der Waals surface area contributed by atoms with E-state index in [1.54, 1.807) is 24.5 Å². The smallest absolute Gasteiger partial charge is 0.404 e. The summed E-state index contributed by atoms with van der Waals surface area (Å²) >= 11 is 1.58. The van der Waals surface area contributed by atoms with Crippen molar-refractivity contribution in [3.8, 4) is 0 Å². The summed E-state index contributed by atoms with van der Waals surface area (Å²) in [6, 6.07) is 6.75. The minimum absolute atomic E-state index is 0.131. The fraction of sp³-hybridized carbons (Fsp3) is 0.200. The van der Waals surface area contributed by atoms with E-state index in [2.05, 4.69) is 5.32 Å². The van der Waals surface area contributed by atoms with Crippen LogP contribution in [0.5, 0.6) is 0 Å². The van der Waals surface area contributed by atoms with Gasteiger partial charge in [0, 0.05) is 4.88 Å². The Morgan fingerprint density at radius 2 is 2.31 bits per heavy atom. The normalized spacial score (nSPS) is 12.6. The highest BCUT2D eigenvalue weighted by atomic mass is 32.1. The van der Waals surface area contributed by atoms with Crippen LogP contribution in [0.15, 0.2) is 34.1 Å². The van der Waals surface area contributed by atoms with E-state index < -0.39 is 4.92 Å². The summed E-state index contributed by atoms with van der Waals surface area (Å²) in [4.78, 5) is 11.0. The van der Waals surface area contributed by atoms with E-state index in [0.29, 0.717) is 5.76 Å². The largest absolute Gasteiger partial charge is 0.433 e. The summed E-state index contributed by atoms with van der Waals surface area (Å²) in [6.07, 6.45) is 0. The minimum atomic E-state index is -0.537. The van der Waals surface area contributed by atoms with Crippen LogP contribution in [0.2, 0.25) is 0 Å². The van der Waals surface area contributed by atoms with E-state index in [-0.39, 0.29) is 11.9 Å². The van der Waals surface area contributed by atoms with E-state index in [4.69, 9.17) is 4.42 Å². The van der Waals surface area contributed by atoms with Gasteiger partial charge in [0.2, 0.25) is 0 Å². The summed E-state index contributed by atoms with van der Waals surface area (Å²) in [7, 11) is 1.79. The fourth-order valence-electron chi connectivity index (χ4n) is 1.48. The molecule has 1 unspecified atom stereocenters. The molecule has 0 spiro atoms. The molecule has 2 aromatic heterocycles. The molecule has 0 aromatic carbocycles. The lowest BCUT2D eigenvalue weighted by molar-refractivity contribution is -0.402. The van der Waals surface area contributed by atoms with E-state index in [0.717, 1.165) is 4.88 Å². The SMILES string of the molecule is CNC(c1ccc([N+](=O)[O-])o1)c1cccs1. The Hall–Kier alpha value is -1.66. The monoisotopic (exact) mass is 238 g/mol. The quantitative estimate of drug-likeness (QED) is 0.656. The number of thiophene rings is 1. The Bertz CT molecular complexity index is 478. The first-order valence-electron chi connectivity index (χ1n) is 4.67. The zero-order valence-electron chi connectivity index (χ0n) is 8.54. The van der Waals surface area contributed by atoms with E-state index in [1.165, 1.54) is 6.07 Å².